The van der Waals surface area contributed by atoms with Crippen LogP contribution in [-0.2, 0) is 0 Å². The largest absolute Gasteiger partial charge is 0.486 e. The van der Waals surface area contributed by atoms with Gasteiger partial charge in [0.1, 0.15) is 23.2 Å². The van der Waals surface area contributed by atoms with E-state index in [1.54, 1.807) is 12.1 Å². The quantitative estimate of drug-likeness (QED) is 0.346. The number of hydrogen-bond donors (Lipinski definition) is 0. The van der Waals surface area contributed by atoms with E-state index in [4.69, 9.17) is 9.15 Å². The summed E-state index contributed by atoms with van der Waals surface area (Å²) in [5.74, 6) is 1.27. The van der Waals surface area contributed by atoms with Crippen molar-refractivity contribution < 1.29 is 9.15 Å². The van der Waals surface area contributed by atoms with Crippen LogP contribution in [0, 0.1) is 0 Å². The molecular weight excluding hydrogens is 410 g/mol. The fourth-order valence-electron chi connectivity index (χ4n) is 4.73. The Morgan fingerprint density at radius 2 is 1.73 bits per heavy atom. The van der Waals surface area contributed by atoms with Crippen molar-refractivity contribution >= 4 is 11.0 Å². The van der Waals surface area contributed by atoms with Gasteiger partial charge in [-0.15, -0.1) is 0 Å². The molecule has 4 nitrogen and oxygen atoms in total. The highest BCUT2D eigenvalue weighted by Gasteiger charge is 2.25. The molecule has 2 atom stereocenters. The van der Waals surface area contributed by atoms with Gasteiger partial charge in [0.15, 0.2) is 5.43 Å². The van der Waals surface area contributed by atoms with Gasteiger partial charge in [-0.3, -0.25) is 4.79 Å². The Hall–Kier alpha value is -3.37. The van der Waals surface area contributed by atoms with Crippen molar-refractivity contribution in [1.82, 2.24) is 4.90 Å². The normalized spacial score (nSPS) is 17.7. The van der Waals surface area contributed by atoms with Gasteiger partial charge in [0.05, 0.1) is 5.39 Å². The van der Waals surface area contributed by atoms with E-state index < -0.39 is 0 Å². The molecular formula is C29H29NO3. The van der Waals surface area contributed by atoms with Gasteiger partial charge in [0.2, 0.25) is 0 Å². The Bertz CT molecular complexity index is 1270. The number of hydrogen-bond acceptors (Lipinski definition) is 4. The van der Waals surface area contributed by atoms with Gasteiger partial charge < -0.3 is 14.1 Å². The Morgan fingerprint density at radius 3 is 2.48 bits per heavy atom. The molecule has 1 aliphatic rings. The average Bonchev–Trinajstić information content (AvgIpc) is 2.86. The second-order valence-electron chi connectivity index (χ2n) is 8.88. The lowest BCUT2D eigenvalue weighted by molar-refractivity contribution is 0.109. The maximum atomic E-state index is 12.7. The fourth-order valence-corrected chi connectivity index (χ4v) is 4.73. The lowest BCUT2D eigenvalue weighted by Gasteiger charge is -2.35. The van der Waals surface area contributed by atoms with E-state index in [1.807, 2.05) is 48.5 Å². The molecule has 1 saturated heterocycles. The van der Waals surface area contributed by atoms with Crippen molar-refractivity contribution in [3.8, 4) is 17.1 Å². The highest BCUT2D eigenvalue weighted by molar-refractivity contribution is 5.80. The Labute approximate surface area is 194 Å². The minimum absolute atomic E-state index is 0.0508. The van der Waals surface area contributed by atoms with Gasteiger partial charge in [-0.1, -0.05) is 67.1 Å². The van der Waals surface area contributed by atoms with E-state index in [0.29, 0.717) is 28.5 Å². The first-order valence-electron chi connectivity index (χ1n) is 11.7. The first-order valence-corrected chi connectivity index (χ1v) is 11.7. The number of fused-ring (bicyclic) bond motifs is 1. The number of nitrogens with zero attached hydrogens (tertiary/aromatic N) is 1. The topological polar surface area (TPSA) is 42.7 Å². The lowest BCUT2D eigenvalue weighted by Crippen LogP contribution is -2.37. The molecule has 1 aliphatic heterocycles. The van der Waals surface area contributed by atoms with Gasteiger partial charge in [0, 0.05) is 30.2 Å². The van der Waals surface area contributed by atoms with Crippen molar-refractivity contribution in [2.45, 2.75) is 37.8 Å². The maximum Gasteiger partial charge on any atom is 0.193 e. The van der Waals surface area contributed by atoms with E-state index in [0.717, 1.165) is 24.1 Å². The van der Waals surface area contributed by atoms with Crippen LogP contribution in [-0.4, -0.2) is 24.5 Å². The second kappa shape index (κ2) is 9.63. The third-order valence-electron chi connectivity index (χ3n) is 6.62. The van der Waals surface area contributed by atoms with E-state index >= 15 is 0 Å². The van der Waals surface area contributed by atoms with Gasteiger partial charge in [-0.05, 0) is 44.1 Å². The SMILES string of the molecule is CN1CCCCC1CC(Oc1ccc2c(=O)cc(-c3ccccc3)oc2c1)c1ccccc1. The van der Waals surface area contributed by atoms with Gasteiger partial charge in [-0.25, -0.2) is 0 Å². The minimum atomic E-state index is -0.0711. The van der Waals surface area contributed by atoms with Crippen LogP contribution in [0.15, 0.2) is 94.1 Å². The van der Waals surface area contributed by atoms with Crippen LogP contribution in [0.25, 0.3) is 22.3 Å². The summed E-state index contributed by atoms with van der Waals surface area (Å²) in [5.41, 5.74) is 2.53. The van der Waals surface area contributed by atoms with E-state index in [2.05, 4.69) is 36.2 Å². The maximum absolute atomic E-state index is 12.7. The van der Waals surface area contributed by atoms with Gasteiger partial charge in [0.25, 0.3) is 0 Å². The first kappa shape index (κ1) is 21.5. The van der Waals surface area contributed by atoms with Crippen molar-refractivity contribution in [3.05, 3.63) is 101 Å². The van der Waals surface area contributed by atoms with Crippen LogP contribution in [0.4, 0.5) is 0 Å². The standard InChI is InChI=1S/C29H29NO3/c1-30-17-9-8-14-23(30)18-27(21-10-4-2-5-11-21)32-24-15-16-25-26(31)20-28(33-29(25)19-24)22-12-6-3-7-13-22/h2-7,10-13,15-16,19-20,23,27H,8-9,14,17-18H2,1H3. The van der Waals surface area contributed by atoms with Crippen LogP contribution in [0.1, 0.15) is 37.4 Å². The lowest BCUT2D eigenvalue weighted by atomic mass is 9.94. The van der Waals surface area contributed by atoms with E-state index in [1.165, 1.54) is 19.3 Å². The molecule has 0 N–H and O–H groups in total. The third kappa shape index (κ3) is 4.86. The molecule has 0 bridgehead atoms. The summed E-state index contributed by atoms with van der Waals surface area (Å²) in [5, 5.41) is 0.560. The summed E-state index contributed by atoms with van der Waals surface area (Å²) in [6.07, 6.45) is 4.57. The second-order valence-corrected chi connectivity index (χ2v) is 8.88. The predicted octanol–water partition coefficient (Wildman–Crippen LogP) is 6.45. The van der Waals surface area contributed by atoms with Crippen LogP contribution >= 0.6 is 0 Å². The summed E-state index contributed by atoms with van der Waals surface area (Å²) in [4.78, 5) is 15.2. The zero-order chi connectivity index (χ0) is 22.6. The van der Waals surface area contributed by atoms with Crippen LogP contribution in [0.5, 0.6) is 5.75 Å². The summed E-state index contributed by atoms with van der Waals surface area (Å²) < 4.78 is 12.7. The monoisotopic (exact) mass is 439 g/mol. The minimum Gasteiger partial charge on any atom is -0.486 e. The first-order chi connectivity index (χ1) is 16.2. The molecule has 1 aromatic heterocycles. The number of benzene rings is 3. The van der Waals surface area contributed by atoms with E-state index in [9.17, 15) is 4.79 Å². The zero-order valence-electron chi connectivity index (χ0n) is 18.9. The summed E-state index contributed by atoms with van der Waals surface area (Å²) in [6.45, 7) is 1.13. The van der Waals surface area contributed by atoms with Crippen LogP contribution in [0.3, 0.4) is 0 Å². The smallest absolute Gasteiger partial charge is 0.193 e. The molecule has 0 amide bonds. The molecule has 4 heteroatoms. The zero-order valence-corrected chi connectivity index (χ0v) is 18.9. The molecule has 2 heterocycles. The predicted molar refractivity (Wildman–Crippen MR) is 133 cm³/mol. The number of rotatable bonds is 6. The summed E-state index contributed by atoms with van der Waals surface area (Å²) >= 11 is 0. The Kier molecular flexibility index (Phi) is 6.27. The molecule has 33 heavy (non-hydrogen) atoms. The Morgan fingerprint density at radius 1 is 0.970 bits per heavy atom. The highest BCUT2D eigenvalue weighted by Crippen LogP contribution is 2.32. The van der Waals surface area contributed by atoms with Crippen molar-refractivity contribution in [2.24, 2.45) is 0 Å². The molecule has 4 aromatic rings. The van der Waals surface area contributed by atoms with Crippen molar-refractivity contribution in [1.29, 1.82) is 0 Å². The molecule has 0 spiro atoms. The van der Waals surface area contributed by atoms with Crippen molar-refractivity contribution in [3.63, 3.8) is 0 Å². The third-order valence-corrected chi connectivity index (χ3v) is 6.62. The van der Waals surface area contributed by atoms with Crippen LogP contribution in [0.2, 0.25) is 0 Å². The van der Waals surface area contributed by atoms with Crippen LogP contribution < -0.4 is 10.2 Å². The van der Waals surface area contributed by atoms with Crippen molar-refractivity contribution in [2.75, 3.05) is 13.6 Å². The molecule has 168 valence electrons. The van der Waals surface area contributed by atoms with Gasteiger partial charge >= 0.3 is 0 Å². The molecule has 0 saturated carbocycles. The summed E-state index contributed by atoms with van der Waals surface area (Å²) in [6, 6.07) is 27.7. The molecule has 0 aliphatic carbocycles. The Balaban J connectivity index is 1.47. The molecule has 2 unspecified atom stereocenters. The highest BCUT2D eigenvalue weighted by atomic mass is 16.5. The number of ether oxygens (including phenoxy) is 1. The molecule has 3 aromatic carbocycles. The summed E-state index contributed by atoms with van der Waals surface area (Å²) in [7, 11) is 2.21. The number of likely N-dealkylation sites (tertiary alicyclic amines) is 1. The molecule has 1 fully saturated rings. The fraction of sp³-hybridized carbons (Fsp3) is 0.276. The number of piperidine rings is 1. The van der Waals surface area contributed by atoms with E-state index in [-0.39, 0.29) is 11.5 Å². The van der Waals surface area contributed by atoms with Gasteiger partial charge in [-0.2, -0.15) is 0 Å². The average molecular weight is 440 g/mol. The molecule has 0 radical (unpaired) electrons. The molecule has 5 rings (SSSR count).